The van der Waals surface area contributed by atoms with Gasteiger partial charge in [0.2, 0.25) is 0 Å². The van der Waals surface area contributed by atoms with Crippen LogP contribution in [0.25, 0.3) is 0 Å². The summed E-state index contributed by atoms with van der Waals surface area (Å²) in [4.78, 5) is 24.7. The first-order chi connectivity index (χ1) is 12.4. The van der Waals surface area contributed by atoms with Gasteiger partial charge in [0.25, 0.3) is 11.8 Å². The van der Waals surface area contributed by atoms with Crippen LogP contribution >= 0.6 is 11.6 Å². The Balaban J connectivity index is 1.84. The zero-order valence-corrected chi connectivity index (χ0v) is 14.7. The average molecular weight is 376 g/mol. The highest BCUT2D eigenvalue weighted by atomic mass is 35.5. The molecule has 2 amide bonds. The van der Waals surface area contributed by atoms with E-state index in [1.54, 1.807) is 19.2 Å². The van der Waals surface area contributed by atoms with Crippen molar-refractivity contribution >= 4 is 34.8 Å². The molecule has 8 heteroatoms. The Morgan fingerprint density at radius 1 is 1.12 bits per heavy atom. The molecule has 0 aliphatic heterocycles. The van der Waals surface area contributed by atoms with E-state index in [1.165, 1.54) is 30.3 Å². The van der Waals surface area contributed by atoms with Gasteiger partial charge in [-0.3, -0.25) is 9.59 Å². The molecule has 0 saturated carbocycles. The molecule has 1 atom stereocenters. The lowest BCUT2D eigenvalue weighted by Gasteiger charge is -2.14. The topological polar surface area (TPSA) is 86.4 Å². The first-order valence-electron chi connectivity index (χ1n) is 7.73. The van der Waals surface area contributed by atoms with Gasteiger partial charge >= 0.3 is 0 Å². The second kappa shape index (κ2) is 8.94. The maximum Gasteiger partial charge on any atom is 0.279 e. The highest BCUT2D eigenvalue weighted by molar-refractivity contribution is 6.32. The number of amides is 2. The first-order valence-corrected chi connectivity index (χ1v) is 8.11. The van der Waals surface area contributed by atoms with E-state index >= 15 is 0 Å². The van der Waals surface area contributed by atoms with Gasteiger partial charge in [0.05, 0.1) is 17.6 Å². The van der Waals surface area contributed by atoms with Gasteiger partial charge < -0.3 is 15.5 Å². The van der Waals surface area contributed by atoms with Gasteiger partial charge in [-0.2, -0.15) is 5.26 Å². The number of quaternary nitrogens is 1. The first kappa shape index (κ1) is 19.4. The average Bonchev–Trinajstić information content (AvgIpc) is 2.54. The summed E-state index contributed by atoms with van der Waals surface area (Å²) in [7, 11) is 1.69. The molecule has 2 aromatic rings. The van der Waals surface area contributed by atoms with E-state index in [9.17, 15) is 14.0 Å². The number of hydrogen-bond donors (Lipinski definition) is 3. The summed E-state index contributed by atoms with van der Waals surface area (Å²) in [5, 5.41) is 14.3. The number of nitrogens with one attached hydrogen (secondary N) is 3. The van der Waals surface area contributed by atoms with Crippen molar-refractivity contribution in [3.63, 3.8) is 0 Å². The molecule has 2 rings (SSSR count). The molecule has 134 valence electrons. The SMILES string of the molecule is C[NH+](CC(=O)Nc1cccc(F)c1)CC(=O)Nc1ccc(C#N)c(Cl)c1. The Labute approximate surface area is 155 Å². The zero-order valence-electron chi connectivity index (χ0n) is 14.0. The minimum atomic E-state index is -0.441. The Bertz CT molecular complexity index is 867. The molecule has 0 radical (unpaired) electrons. The maximum atomic E-state index is 13.1. The van der Waals surface area contributed by atoms with E-state index < -0.39 is 5.82 Å². The molecule has 0 aliphatic carbocycles. The predicted octanol–water partition coefficient (Wildman–Crippen LogP) is 1.44. The van der Waals surface area contributed by atoms with Crippen molar-refractivity contribution in [2.45, 2.75) is 0 Å². The van der Waals surface area contributed by atoms with Crippen molar-refractivity contribution < 1.29 is 18.9 Å². The van der Waals surface area contributed by atoms with Crippen molar-refractivity contribution in [1.29, 1.82) is 5.26 Å². The number of rotatable bonds is 6. The third kappa shape index (κ3) is 5.84. The lowest BCUT2D eigenvalue weighted by molar-refractivity contribution is -0.862. The number of nitriles is 1. The molecule has 6 nitrogen and oxygen atoms in total. The minimum absolute atomic E-state index is 0.0397. The van der Waals surface area contributed by atoms with Gasteiger partial charge in [-0.1, -0.05) is 17.7 Å². The van der Waals surface area contributed by atoms with Crippen molar-refractivity contribution in [2.75, 3.05) is 30.8 Å². The third-order valence-corrected chi connectivity index (χ3v) is 3.72. The van der Waals surface area contributed by atoms with Crippen LogP contribution in [0.4, 0.5) is 15.8 Å². The summed E-state index contributed by atoms with van der Waals surface area (Å²) < 4.78 is 13.1. The van der Waals surface area contributed by atoms with E-state index in [0.29, 0.717) is 21.8 Å². The molecular formula is C18H17ClFN4O2+. The number of hydrogen-bond acceptors (Lipinski definition) is 3. The molecule has 26 heavy (non-hydrogen) atoms. The van der Waals surface area contributed by atoms with Crippen LogP contribution in [0.3, 0.4) is 0 Å². The smallest absolute Gasteiger partial charge is 0.279 e. The summed E-state index contributed by atoms with van der Waals surface area (Å²) >= 11 is 5.92. The quantitative estimate of drug-likeness (QED) is 0.714. The summed E-state index contributed by atoms with van der Waals surface area (Å²) in [6.07, 6.45) is 0. The zero-order chi connectivity index (χ0) is 19.1. The second-order valence-corrected chi connectivity index (χ2v) is 6.13. The van der Waals surface area contributed by atoms with Crippen LogP contribution in [0.2, 0.25) is 5.02 Å². The maximum absolute atomic E-state index is 13.1. The molecule has 0 bridgehead atoms. The fourth-order valence-electron chi connectivity index (χ4n) is 2.27. The van der Waals surface area contributed by atoms with E-state index in [4.69, 9.17) is 16.9 Å². The number of nitrogens with zero attached hydrogens (tertiary/aromatic N) is 1. The molecule has 0 aromatic heterocycles. The monoisotopic (exact) mass is 375 g/mol. The number of anilines is 2. The van der Waals surface area contributed by atoms with Crippen molar-refractivity contribution in [1.82, 2.24) is 0 Å². The summed E-state index contributed by atoms with van der Waals surface area (Å²) in [6, 6.07) is 12.1. The van der Waals surface area contributed by atoms with E-state index in [1.807, 2.05) is 6.07 Å². The molecule has 0 spiro atoms. The predicted molar refractivity (Wildman–Crippen MR) is 96.4 cm³/mol. The highest BCUT2D eigenvalue weighted by Gasteiger charge is 2.15. The number of carbonyl (C=O) groups is 2. The van der Waals surface area contributed by atoms with Crippen LogP contribution in [0.15, 0.2) is 42.5 Å². The van der Waals surface area contributed by atoms with Crippen molar-refractivity contribution in [2.24, 2.45) is 0 Å². The Morgan fingerprint density at radius 3 is 2.27 bits per heavy atom. The van der Waals surface area contributed by atoms with Gasteiger partial charge in [0.1, 0.15) is 11.9 Å². The fourth-order valence-corrected chi connectivity index (χ4v) is 2.49. The number of benzene rings is 2. The third-order valence-electron chi connectivity index (χ3n) is 3.41. The lowest BCUT2D eigenvalue weighted by atomic mass is 10.2. The number of carbonyl (C=O) groups excluding carboxylic acids is 2. The van der Waals surface area contributed by atoms with Gasteiger partial charge in [0.15, 0.2) is 13.1 Å². The van der Waals surface area contributed by atoms with Crippen LogP contribution in [0, 0.1) is 17.1 Å². The Hall–Kier alpha value is -2.95. The molecule has 0 heterocycles. The molecule has 0 aliphatic rings. The summed E-state index contributed by atoms with van der Waals surface area (Å²) in [6.45, 7) is 0.0895. The lowest BCUT2D eigenvalue weighted by Crippen LogP contribution is -3.11. The molecule has 0 fully saturated rings. The van der Waals surface area contributed by atoms with E-state index in [-0.39, 0.29) is 29.9 Å². The molecule has 0 saturated heterocycles. The summed E-state index contributed by atoms with van der Waals surface area (Å²) in [5.41, 5.74) is 1.15. The van der Waals surface area contributed by atoms with Gasteiger partial charge in [0, 0.05) is 11.4 Å². The molecular weight excluding hydrogens is 359 g/mol. The van der Waals surface area contributed by atoms with Gasteiger partial charge in [-0.05, 0) is 36.4 Å². The second-order valence-electron chi connectivity index (χ2n) is 5.72. The Morgan fingerprint density at radius 2 is 1.73 bits per heavy atom. The largest absolute Gasteiger partial charge is 0.322 e. The number of likely N-dealkylation sites (N-methyl/N-ethyl adjacent to an activating group) is 1. The Kier molecular flexibility index (Phi) is 6.67. The fraction of sp³-hybridized carbons (Fsp3) is 0.167. The summed E-state index contributed by atoms with van der Waals surface area (Å²) in [5.74, 6) is -1.08. The number of halogens is 2. The normalized spacial score (nSPS) is 11.3. The van der Waals surface area contributed by atoms with Crippen LogP contribution < -0.4 is 15.5 Å². The van der Waals surface area contributed by atoms with Crippen LogP contribution in [-0.4, -0.2) is 32.0 Å². The molecule has 3 N–H and O–H groups in total. The van der Waals surface area contributed by atoms with Crippen LogP contribution in [0.5, 0.6) is 0 Å². The van der Waals surface area contributed by atoms with E-state index in [2.05, 4.69) is 10.6 Å². The van der Waals surface area contributed by atoms with Crippen LogP contribution in [-0.2, 0) is 9.59 Å². The van der Waals surface area contributed by atoms with Gasteiger partial charge in [-0.25, -0.2) is 4.39 Å². The minimum Gasteiger partial charge on any atom is -0.322 e. The van der Waals surface area contributed by atoms with Crippen molar-refractivity contribution in [3.8, 4) is 6.07 Å². The molecule has 1 unspecified atom stereocenters. The highest BCUT2D eigenvalue weighted by Crippen LogP contribution is 2.19. The van der Waals surface area contributed by atoms with E-state index in [0.717, 1.165) is 0 Å². The molecule has 2 aromatic carbocycles. The van der Waals surface area contributed by atoms with Crippen molar-refractivity contribution in [3.05, 3.63) is 58.9 Å². The standard InChI is InChI=1S/C18H16ClFN4O2/c1-24(10-17(25)22-14-4-2-3-13(20)7-14)11-18(26)23-15-6-5-12(9-21)16(19)8-15/h2-8H,10-11H2,1H3,(H,22,25)(H,23,26)/p+1. The van der Waals surface area contributed by atoms with Crippen LogP contribution in [0.1, 0.15) is 5.56 Å². The van der Waals surface area contributed by atoms with Gasteiger partial charge in [-0.15, -0.1) is 0 Å².